The first-order chi connectivity index (χ1) is 13.7. The number of amides is 2. The quantitative estimate of drug-likeness (QED) is 0.724. The first kappa shape index (κ1) is 19.3. The van der Waals surface area contributed by atoms with Gasteiger partial charge in [-0.3, -0.25) is 14.5 Å². The van der Waals surface area contributed by atoms with Crippen LogP contribution in [0.3, 0.4) is 0 Å². The third-order valence-corrected chi connectivity index (χ3v) is 5.47. The molecular weight excluding hydrogens is 362 g/mol. The number of nitrogens with zero attached hydrogens (tertiary/aromatic N) is 3. The topological polar surface area (TPSA) is 71.5 Å². The Morgan fingerprint density at radius 2 is 1.79 bits per heavy atom. The van der Waals surface area contributed by atoms with Gasteiger partial charge in [0, 0.05) is 25.3 Å². The highest BCUT2D eigenvalue weighted by Crippen LogP contribution is 2.26. The van der Waals surface area contributed by atoms with Gasteiger partial charge >= 0.3 is 0 Å². The van der Waals surface area contributed by atoms with Crippen molar-refractivity contribution in [1.82, 2.24) is 9.80 Å². The SMILES string of the molecule is O=C(CN1CCOCC1)N1CCOC2(COCC(=O)N(c3ccccc3)C2)C1. The number of morpholine rings is 2. The fourth-order valence-corrected chi connectivity index (χ4v) is 3.96. The van der Waals surface area contributed by atoms with Gasteiger partial charge in [0.2, 0.25) is 5.91 Å². The molecule has 4 rings (SSSR count). The van der Waals surface area contributed by atoms with Crippen LogP contribution in [-0.4, -0.2) is 99.5 Å². The summed E-state index contributed by atoms with van der Waals surface area (Å²) in [6, 6.07) is 9.53. The molecule has 8 nitrogen and oxygen atoms in total. The lowest BCUT2D eigenvalue weighted by atomic mass is 10.0. The van der Waals surface area contributed by atoms with Gasteiger partial charge in [-0.2, -0.15) is 0 Å². The molecule has 0 aliphatic carbocycles. The van der Waals surface area contributed by atoms with Crippen LogP contribution >= 0.6 is 0 Å². The molecule has 3 aliphatic heterocycles. The maximum absolute atomic E-state index is 12.9. The monoisotopic (exact) mass is 389 g/mol. The highest BCUT2D eigenvalue weighted by molar-refractivity contribution is 5.94. The van der Waals surface area contributed by atoms with Crippen LogP contribution in [-0.2, 0) is 23.8 Å². The van der Waals surface area contributed by atoms with E-state index in [-0.39, 0.29) is 18.4 Å². The highest BCUT2D eigenvalue weighted by Gasteiger charge is 2.43. The van der Waals surface area contributed by atoms with Crippen molar-refractivity contribution in [1.29, 1.82) is 0 Å². The molecule has 3 heterocycles. The molecule has 1 unspecified atom stereocenters. The molecule has 0 N–H and O–H groups in total. The van der Waals surface area contributed by atoms with Gasteiger partial charge in [-0.25, -0.2) is 0 Å². The second kappa shape index (κ2) is 8.57. The minimum atomic E-state index is -0.707. The van der Waals surface area contributed by atoms with E-state index < -0.39 is 5.60 Å². The van der Waals surface area contributed by atoms with Crippen molar-refractivity contribution in [2.45, 2.75) is 5.60 Å². The standard InChI is InChI=1S/C20H27N3O5/c24-18(12-21-6-9-26-10-7-21)22-8-11-28-20(14-22)15-23(19(25)13-27-16-20)17-4-2-1-3-5-17/h1-5H,6-16H2. The van der Waals surface area contributed by atoms with Crippen LogP contribution in [0.15, 0.2) is 30.3 Å². The van der Waals surface area contributed by atoms with Gasteiger partial charge in [-0.15, -0.1) is 0 Å². The number of carbonyl (C=O) groups is 2. The van der Waals surface area contributed by atoms with Crippen LogP contribution in [0.5, 0.6) is 0 Å². The molecule has 2 amide bonds. The predicted octanol–water partition coefficient (Wildman–Crippen LogP) is -0.0204. The largest absolute Gasteiger partial charge is 0.379 e. The fraction of sp³-hybridized carbons (Fsp3) is 0.600. The average molecular weight is 389 g/mol. The molecule has 0 bridgehead atoms. The molecule has 152 valence electrons. The molecule has 0 radical (unpaired) electrons. The van der Waals surface area contributed by atoms with E-state index in [1.54, 1.807) is 4.90 Å². The molecule has 8 heteroatoms. The summed E-state index contributed by atoms with van der Waals surface area (Å²) < 4.78 is 17.1. The first-order valence-corrected chi connectivity index (χ1v) is 9.80. The maximum Gasteiger partial charge on any atom is 0.253 e. The van der Waals surface area contributed by atoms with Gasteiger partial charge in [0.15, 0.2) is 0 Å². The van der Waals surface area contributed by atoms with Gasteiger partial charge in [-0.1, -0.05) is 18.2 Å². The number of hydrogen-bond acceptors (Lipinski definition) is 6. The van der Waals surface area contributed by atoms with Crippen molar-refractivity contribution < 1.29 is 23.8 Å². The van der Waals surface area contributed by atoms with E-state index in [4.69, 9.17) is 14.2 Å². The molecule has 3 aliphatic rings. The lowest BCUT2D eigenvalue weighted by Gasteiger charge is -2.43. The normalized spacial score (nSPS) is 27.1. The van der Waals surface area contributed by atoms with Gasteiger partial charge in [0.25, 0.3) is 5.91 Å². The number of ether oxygens (including phenoxy) is 3. The van der Waals surface area contributed by atoms with Crippen molar-refractivity contribution in [2.75, 3.05) is 77.2 Å². The molecular formula is C20H27N3O5. The van der Waals surface area contributed by atoms with E-state index >= 15 is 0 Å². The molecule has 3 fully saturated rings. The Kier molecular flexibility index (Phi) is 5.91. The molecule has 3 saturated heterocycles. The molecule has 1 aromatic carbocycles. The Morgan fingerprint density at radius 1 is 1.00 bits per heavy atom. The van der Waals surface area contributed by atoms with Crippen molar-refractivity contribution >= 4 is 17.5 Å². The number of benzene rings is 1. The second-order valence-electron chi connectivity index (χ2n) is 7.54. The van der Waals surface area contributed by atoms with Gasteiger partial charge < -0.3 is 24.0 Å². The Morgan fingerprint density at radius 3 is 2.57 bits per heavy atom. The van der Waals surface area contributed by atoms with Crippen molar-refractivity contribution in [3.63, 3.8) is 0 Å². The lowest BCUT2D eigenvalue weighted by Crippen LogP contribution is -2.61. The number of carbonyl (C=O) groups excluding carboxylic acids is 2. The van der Waals surface area contributed by atoms with Crippen LogP contribution < -0.4 is 4.90 Å². The second-order valence-corrected chi connectivity index (χ2v) is 7.54. The van der Waals surface area contributed by atoms with Crippen molar-refractivity contribution in [2.24, 2.45) is 0 Å². The van der Waals surface area contributed by atoms with Crippen LogP contribution in [0.1, 0.15) is 0 Å². The summed E-state index contributed by atoms with van der Waals surface area (Å²) in [5, 5.41) is 0. The van der Waals surface area contributed by atoms with Crippen LogP contribution in [0, 0.1) is 0 Å². The summed E-state index contributed by atoms with van der Waals surface area (Å²) in [5.74, 6) is -0.00477. The minimum absolute atomic E-state index is 0.0156. The predicted molar refractivity (Wildman–Crippen MR) is 102 cm³/mol. The Hall–Kier alpha value is -2.00. The van der Waals surface area contributed by atoms with E-state index in [0.717, 1.165) is 18.8 Å². The van der Waals surface area contributed by atoms with Crippen LogP contribution in [0.2, 0.25) is 0 Å². The zero-order valence-electron chi connectivity index (χ0n) is 16.0. The number of anilines is 1. The summed E-state index contributed by atoms with van der Waals surface area (Å²) in [5.41, 5.74) is 0.110. The van der Waals surface area contributed by atoms with Gasteiger partial charge in [-0.05, 0) is 12.1 Å². The molecule has 0 aromatic heterocycles. The first-order valence-electron chi connectivity index (χ1n) is 9.80. The molecule has 1 spiro atoms. The van der Waals surface area contributed by atoms with E-state index in [2.05, 4.69) is 4.90 Å². The Labute approximate surface area is 164 Å². The smallest absolute Gasteiger partial charge is 0.253 e. The number of para-hydroxylation sites is 1. The third kappa shape index (κ3) is 4.35. The maximum atomic E-state index is 12.9. The zero-order chi connectivity index (χ0) is 19.4. The Bertz CT molecular complexity index is 694. The van der Waals surface area contributed by atoms with Crippen molar-refractivity contribution in [3.05, 3.63) is 30.3 Å². The summed E-state index contributed by atoms with van der Waals surface area (Å²) in [7, 11) is 0. The fourth-order valence-electron chi connectivity index (χ4n) is 3.96. The van der Waals surface area contributed by atoms with E-state index in [1.807, 2.05) is 35.2 Å². The number of rotatable bonds is 3. The molecule has 1 aromatic rings. The molecule has 28 heavy (non-hydrogen) atoms. The zero-order valence-corrected chi connectivity index (χ0v) is 16.0. The van der Waals surface area contributed by atoms with Crippen LogP contribution in [0.4, 0.5) is 5.69 Å². The van der Waals surface area contributed by atoms with E-state index in [9.17, 15) is 9.59 Å². The molecule has 0 saturated carbocycles. The summed E-state index contributed by atoms with van der Waals surface area (Å²) >= 11 is 0. The third-order valence-electron chi connectivity index (χ3n) is 5.47. The van der Waals surface area contributed by atoms with Crippen molar-refractivity contribution in [3.8, 4) is 0 Å². The summed E-state index contributed by atoms with van der Waals surface area (Å²) in [6.45, 7) is 5.39. The number of hydrogen-bond donors (Lipinski definition) is 0. The summed E-state index contributed by atoms with van der Waals surface area (Å²) in [4.78, 5) is 31.1. The lowest BCUT2D eigenvalue weighted by molar-refractivity contribution is -0.159. The van der Waals surface area contributed by atoms with E-state index in [1.165, 1.54) is 0 Å². The highest BCUT2D eigenvalue weighted by atomic mass is 16.5. The van der Waals surface area contributed by atoms with Gasteiger partial charge in [0.05, 0.1) is 46.1 Å². The van der Waals surface area contributed by atoms with E-state index in [0.29, 0.717) is 52.6 Å². The van der Waals surface area contributed by atoms with Gasteiger partial charge in [0.1, 0.15) is 12.2 Å². The average Bonchev–Trinajstić information content (AvgIpc) is 2.88. The summed E-state index contributed by atoms with van der Waals surface area (Å²) in [6.07, 6.45) is 0. The molecule has 1 atom stereocenters. The Balaban J connectivity index is 1.46. The van der Waals surface area contributed by atoms with Crippen LogP contribution in [0.25, 0.3) is 0 Å². The minimum Gasteiger partial charge on any atom is -0.379 e.